The van der Waals surface area contributed by atoms with Crippen molar-refractivity contribution in [2.24, 2.45) is 0 Å². The molecule has 4 rings (SSSR count). The third-order valence-electron chi connectivity index (χ3n) is 3.18. The van der Waals surface area contributed by atoms with Gasteiger partial charge in [0.15, 0.2) is 5.82 Å². The number of rotatable bonds is 2. The normalized spacial score (nSPS) is 11.0. The van der Waals surface area contributed by atoms with E-state index in [2.05, 4.69) is 20.3 Å². The highest BCUT2D eigenvalue weighted by Gasteiger charge is 2.08. The Morgan fingerprint density at radius 3 is 2.75 bits per heavy atom. The molecule has 3 aromatic heterocycles. The maximum atomic E-state index is 4.67. The van der Waals surface area contributed by atoms with Crippen molar-refractivity contribution in [2.45, 2.75) is 0 Å². The van der Waals surface area contributed by atoms with Crippen LogP contribution in [0.25, 0.3) is 16.6 Å². The second-order valence-corrected chi connectivity index (χ2v) is 4.46. The minimum atomic E-state index is 0.772. The Balaban J connectivity index is 1.95. The fourth-order valence-corrected chi connectivity index (χ4v) is 2.27. The summed E-state index contributed by atoms with van der Waals surface area (Å²) in [5.74, 6) is 0.772. The quantitative estimate of drug-likeness (QED) is 0.602. The Labute approximate surface area is 114 Å². The van der Waals surface area contributed by atoms with Gasteiger partial charge in [-0.15, -0.1) is 0 Å². The lowest BCUT2D eigenvalue weighted by atomic mass is 10.3. The standard InChI is InChI=1S/C15H11N5/c1-2-6-13-12(5-1)19-15(14-9-17-10-20(13)14)18-11-4-3-7-16-8-11/h1-10H,(H,18,19). The van der Waals surface area contributed by atoms with Gasteiger partial charge in [0.25, 0.3) is 0 Å². The number of nitrogens with zero attached hydrogens (tertiary/aromatic N) is 4. The van der Waals surface area contributed by atoms with Crippen LogP contribution >= 0.6 is 0 Å². The van der Waals surface area contributed by atoms with E-state index in [0.717, 1.165) is 28.1 Å². The first kappa shape index (κ1) is 10.9. The van der Waals surface area contributed by atoms with Gasteiger partial charge in [0.1, 0.15) is 5.52 Å². The summed E-state index contributed by atoms with van der Waals surface area (Å²) in [6.07, 6.45) is 7.11. The topological polar surface area (TPSA) is 55.1 Å². The summed E-state index contributed by atoms with van der Waals surface area (Å²) in [4.78, 5) is 13.0. The molecule has 5 heteroatoms. The van der Waals surface area contributed by atoms with Gasteiger partial charge in [0.2, 0.25) is 0 Å². The molecule has 0 saturated carbocycles. The minimum absolute atomic E-state index is 0.772. The van der Waals surface area contributed by atoms with Gasteiger partial charge in [-0.1, -0.05) is 12.1 Å². The number of anilines is 2. The number of benzene rings is 1. The predicted molar refractivity (Wildman–Crippen MR) is 78.0 cm³/mol. The molecule has 1 N–H and O–H groups in total. The van der Waals surface area contributed by atoms with Gasteiger partial charge in [0.05, 0.1) is 35.4 Å². The molecule has 0 amide bonds. The molecule has 0 unspecified atom stereocenters. The number of hydrogen-bond donors (Lipinski definition) is 1. The third-order valence-corrected chi connectivity index (χ3v) is 3.18. The van der Waals surface area contributed by atoms with E-state index in [1.807, 2.05) is 40.8 Å². The molecule has 0 aliphatic carbocycles. The van der Waals surface area contributed by atoms with Gasteiger partial charge in [0, 0.05) is 6.20 Å². The minimum Gasteiger partial charge on any atom is -0.337 e. The van der Waals surface area contributed by atoms with Crippen LogP contribution in [-0.2, 0) is 0 Å². The maximum absolute atomic E-state index is 4.67. The molecule has 1 aromatic carbocycles. The Morgan fingerprint density at radius 2 is 1.85 bits per heavy atom. The van der Waals surface area contributed by atoms with Crippen LogP contribution in [0.2, 0.25) is 0 Å². The molecule has 20 heavy (non-hydrogen) atoms. The van der Waals surface area contributed by atoms with Crippen LogP contribution in [0.3, 0.4) is 0 Å². The first-order chi connectivity index (χ1) is 9.92. The van der Waals surface area contributed by atoms with Crippen molar-refractivity contribution in [3.8, 4) is 0 Å². The molecule has 4 aromatic rings. The Hall–Kier alpha value is -2.95. The number of nitrogens with one attached hydrogen (secondary N) is 1. The van der Waals surface area contributed by atoms with Crippen molar-refractivity contribution in [3.63, 3.8) is 0 Å². The van der Waals surface area contributed by atoms with Crippen LogP contribution in [0.1, 0.15) is 0 Å². The van der Waals surface area contributed by atoms with E-state index in [4.69, 9.17) is 0 Å². The van der Waals surface area contributed by atoms with Gasteiger partial charge in [-0.3, -0.25) is 9.38 Å². The molecule has 96 valence electrons. The highest BCUT2D eigenvalue weighted by Crippen LogP contribution is 2.23. The number of imidazole rings is 1. The molecular formula is C15H11N5. The Bertz CT molecular complexity index is 882. The second-order valence-electron chi connectivity index (χ2n) is 4.46. The number of aromatic nitrogens is 4. The van der Waals surface area contributed by atoms with Crippen LogP contribution < -0.4 is 5.32 Å². The van der Waals surface area contributed by atoms with Crippen molar-refractivity contribution >= 4 is 28.1 Å². The van der Waals surface area contributed by atoms with E-state index in [1.165, 1.54) is 0 Å². The summed E-state index contributed by atoms with van der Waals surface area (Å²) < 4.78 is 2.03. The average molecular weight is 261 g/mol. The van der Waals surface area contributed by atoms with Gasteiger partial charge < -0.3 is 5.32 Å². The SMILES string of the molecule is c1cncc(Nc2nc3ccccc3n3cncc23)c1. The predicted octanol–water partition coefficient (Wildman–Crippen LogP) is 3.02. The summed E-state index contributed by atoms with van der Waals surface area (Å²) in [5, 5.41) is 3.29. The molecule has 0 aliphatic rings. The Kier molecular flexibility index (Phi) is 2.35. The molecule has 0 spiro atoms. The smallest absolute Gasteiger partial charge is 0.157 e. The molecule has 5 nitrogen and oxygen atoms in total. The molecule has 0 fully saturated rings. The molecule has 0 saturated heterocycles. The van der Waals surface area contributed by atoms with Crippen LogP contribution in [0.4, 0.5) is 11.5 Å². The van der Waals surface area contributed by atoms with Gasteiger partial charge in [-0.05, 0) is 24.3 Å². The van der Waals surface area contributed by atoms with Gasteiger partial charge in [-0.2, -0.15) is 0 Å². The van der Waals surface area contributed by atoms with Crippen molar-refractivity contribution in [1.82, 2.24) is 19.4 Å². The first-order valence-electron chi connectivity index (χ1n) is 6.30. The van der Waals surface area contributed by atoms with Crippen molar-refractivity contribution in [1.29, 1.82) is 0 Å². The van der Waals surface area contributed by atoms with Crippen LogP contribution in [-0.4, -0.2) is 19.4 Å². The lowest BCUT2D eigenvalue weighted by Gasteiger charge is -2.09. The third kappa shape index (κ3) is 1.68. The van der Waals surface area contributed by atoms with E-state index < -0.39 is 0 Å². The molecule has 0 aliphatic heterocycles. The van der Waals surface area contributed by atoms with E-state index >= 15 is 0 Å². The largest absolute Gasteiger partial charge is 0.337 e. The lowest BCUT2D eigenvalue weighted by Crippen LogP contribution is -1.99. The van der Waals surface area contributed by atoms with Crippen molar-refractivity contribution in [2.75, 3.05) is 5.32 Å². The summed E-state index contributed by atoms with van der Waals surface area (Å²) >= 11 is 0. The Morgan fingerprint density at radius 1 is 0.900 bits per heavy atom. The lowest BCUT2D eigenvalue weighted by molar-refractivity contribution is 1.18. The van der Waals surface area contributed by atoms with Gasteiger partial charge in [-0.25, -0.2) is 9.97 Å². The zero-order valence-corrected chi connectivity index (χ0v) is 10.6. The van der Waals surface area contributed by atoms with Crippen LogP contribution in [0, 0.1) is 0 Å². The number of fused-ring (bicyclic) bond motifs is 3. The molecule has 0 bridgehead atoms. The fraction of sp³-hybridized carbons (Fsp3) is 0. The summed E-state index contributed by atoms with van der Waals surface area (Å²) in [6.45, 7) is 0. The first-order valence-corrected chi connectivity index (χ1v) is 6.30. The van der Waals surface area contributed by atoms with Crippen molar-refractivity contribution < 1.29 is 0 Å². The van der Waals surface area contributed by atoms with E-state index in [0.29, 0.717) is 0 Å². The summed E-state index contributed by atoms with van der Waals surface area (Å²) in [7, 11) is 0. The number of hydrogen-bond acceptors (Lipinski definition) is 4. The van der Waals surface area contributed by atoms with E-state index in [-0.39, 0.29) is 0 Å². The summed E-state index contributed by atoms with van der Waals surface area (Å²) in [5.41, 5.74) is 3.80. The van der Waals surface area contributed by atoms with Crippen molar-refractivity contribution in [3.05, 3.63) is 61.3 Å². The fourth-order valence-electron chi connectivity index (χ4n) is 2.27. The van der Waals surface area contributed by atoms with Crippen LogP contribution in [0.15, 0.2) is 61.3 Å². The highest BCUT2D eigenvalue weighted by atomic mass is 15.1. The average Bonchev–Trinajstić information content (AvgIpc) is 2.98. The highest BCUT2D eigenvalue weighted by molar-refractivity contribution is 5.85. The second kappa shape index (κ2) is 4.31. The molecular weight excluding hydrogens is 250 g/mol. The number of para-hydroxylation sites is 2. The van der Waals surface area contributed by atoms with Crippen LogP contribution in [0.5, 0.6) is 0 Å². The van der Waals surface area contributed by atoms with E-state index in [1.54, 1.807) is 24.9 Å². The zero-order valence-electron chi connectivity index (χ0n) is 10.6. The summed E-state index contributed by atoms with van der Waals surface area (Å²) in [6, 6.07) is 11.8. The maximum Gasteiger partial charge on any atom is 0.157 e. The molecule has 0 radical (unpaired) electrons. The van der Waals surface area contributed by atoms with Gasteiger partial charge >= 0.3 is 0 Å². The monoisotopic (exact) mass is 261 g/mol. The van der Waals surface area contributed by atoms with E-state index in [9.17, 15) is 0 Å². The molecule has 0 atom stereocenters. The molecule has 3 heterocycles. The number of pyridine rings is 1. The zero-order chi connectivity index (χ0) is 13.4.